The van der Waals surface area contributed by atoms with E-state index in [2.05, 4.69) is 111 Å². The first-order valence-corrected chi connectivity index (χ1v) is 16.6. The summed E-state index contributed by atoms with van der Waals surface area (Å²) < 4.78 is 0. The number of rotatable bonds is 8. The lowest BCUT2D eigenvalue weighted by Crippen LogP contribution is -2.30. The Morgan fingerprint density at radius 3 is 2.32 bits per heavy atom. The van der Waals surface area contributed by atoms with E-state index < -0.39 is 8.80 Å². The Hall–Kier alpha value is -3.16. The van der Waals surface area contributed by atoms with Gasteiger partial charge in [0, 0.05) is 5.92 Å². The highest BCUT2D eigenvalue weighted by Crippen LogP contribution is 2.49. The topological polar surface area (TPSA) is 0 Å². The molecule has 0 aromatic heterocycles. The molecule has 0 heterocycles. The largest absolute Gasteiger partial charge is 0.0795 e. The third-order valence-electron chi connectivity index (χ3n) is 8.41. The summed E-state index contributed by atoms with van der Waals surface area (Å²) in [7, 11) is -0.628. The molecular weight excluding hydrogens is 460 g/mol. The second-order valence-corrected chi connectivity index (χ2v) is 13.6. The molecule has 4 aromatic rings. The van der Waals surface area contributed by atoms with Gasteiger partial charge in [0.15, 0.2) is 0 Å². The van der Waals surface area contributed by atoms with E-state index in [0.717, 1.165) is 6.42 Å². The quantitative estimate of drug-likeness (QED) is 0.148. The summed E-state index contributed by atoms with van der Waals surface area (Å²) in [4.78, 5) is 0. The molecule has 0 amide bonds. The minimum Gasteiger partial charge on any atom is -0.0671 e. The molecule has 1 atom stereocenters. The van der Waals surface area contributed by atoms with E-state index in [1.165, 1.54) is 71.0 Å². The Balaban J connectivity index is 1.54. The van der Waals surface area contributed by atoms with Crippen LogP contribution in [0.4, 0.5) is 0 Å². The lowest BCUT2D eigenvalue weighted by Gasteiger charge is -2.26. The molecule has 1 radical (unpaired) electrons. The van der Waals surface area contributed by atoms with Crippen molar-refractivity contribution in [3.63, 3.8) is 0 Å². The number of unbranched alkanes of at least 4 members (excludes halogenated alkanes) is 3. The van der Waals surface area contributed by atoms with Gasteiger partial charge in [-0.25, -0.2) is 0 Å². The molecule has 0 aliphatic heterocycles. The highest BCUT2D eigenvalue weighted by atomic mass is 28.3. The van der Waals surface area contributed by atoms with Gasteiger partial charge in [-0.15, -0.1) is 0 Å². The van der Waals surface area contributed by atoms with E-state index in [1.807, 2.05) is 0 Å². The standard InChI is InChI=1S/C36H37Si/c1-4-5-6-8-17-27-24-32-28(25-14-9-7-10-15-25)19-13-20-31(32)35(27)36-33-23-26-16-11-12-18-29(26)30(33)21-22-34(36)37(2)3/h7,9-16,18-22,24,35H,4-6,8,17,23H2,1-3H3. The predicted octanol–water partition coefficient (Wildman–Crippen LogP) is 9.39. The average Bonchev–Trinajstić information content (AvgIpc) is 3.49. The van der Waals surface area contributed by atoms with Crippen LogP contribution in [0, 0.1) is 0 Å². The Morgan fingerprint density at radius 1 is 0.730 bits per heavy atom. The Bertz CT molecular complexity index is 1460. The maximum atomic E-state index is 2.58. The number of fused-ring (bicyclic) bond motifs is 4. The van der Waals surface area contributed by atoms with Gasteiger partial charge in [-0.2, -0.15) is 0 Å². The molecule has 2 aliphatic carbocycles. The normalized spacial score (nSPS) is 15.5. The minimum atomic E-state index is -0.628. The third kappa shape index (κ3) is 4.34. The summed E-state index contributed by atoms with van der Waals surface area (Å²) in [6.45, 7) is 7.25. The second kappa shape index (κ2) is 10.3. The van der Waals surface area contributed by atoms with Crippen LogP contribution in [0.3, 0.4) is 0 Å². The highest BCUT2D eigenvalue weighted by molar-refractivity contribution is 6.71. The summed E-state index contributed by atoms with van der Waals surface area (Å²) in [5.41, 5.74) is 14.9. The zero-order chi connectivity index (χ0) is 25.4. The fourth-order valence-electron chi connectivity index (χ4n) is 6.65. The number of allylic oxidation sites excluding steroid dienone is 1. The van der Waals surface area contributed by atoms with Gasteiger partial charge in [0.25, 0.3) is 0 Å². The van der Waals surface area contributed by atoms with Gasteiger partial charge < -0.3 is 0 Å². The number of hydrogen-bond acceptors (Lipinski definition) is 0. The molecule has 0 fully saturated rings. The SMILES string of the molecule is CCCCCCC1=Cc2c(-c3ccccc3)cccc2C1c1c([Si](C)C)ccc2c1Cc1ccccc1-2. The molecule has 0 N–H and O–H groups in total. The van der Waals surface area contributed by atoms with E-state index in [4.69, 9.17) is 0 Å². The van der Waals surface area contributed by atoms with Gasteiger partial charge >= 0.3 is 0 Å². The van der Waals surface area contributed by atoms with Crippen LogP contribution in [-0.2, 0) is 6.42 Å². The van der Waals surface area contributed by atoms with Crippen molar-refractivity contribution < 1.29 is 0 Å². The van der Waals surface area contributed by atoms with Crippen LogP contribution in [0.2, 0.25) is 13.1 Å². The monoisotopic (exact) mass is 497 g/mol. The molecule has 185 valence electrons. The maximum Gasteiger partial charge on any atom is 0.0795 e. The van der Waals surface area contributed by atoms with Gasteiger partial charge in [0.2, 0.25) is 0 Å². The zero-order valence-corrected chi connectivity index (χ0v) is 23.5. The van der Waals surface area contributed by atoms with Crippen molar-refractivity contribution in [3.8, 4) is 22.3 Å². The maximum absolute atomic E-state index is 2.58. The van der Waals surface area contributed by atoms with Crippen molar-refractivity contribution in [2.45, 2.75) is 64.5 Å². The molecule has 0 saturated heterocycles. The first-order valence-electron chi connectivity index (χ1n) is 14.1. The first kappa shape index (κ1) is 24.2. The first-order chi connectivity index (χ1) is 18.2. The van der Waals surface area contributed by atoms with Crippen molar-refractivity contribution in [2.75, 3.05) is 0 Å². The van der Waals surface area contributed by atoms with Crippen LogP contribution in [0.15, 0.2) is 90.5 Å². The molecular formula is C36H37Si. The lowest BCUT2D eigenvalue weighted by molar-refractivity contribution is 0.655. The summed E-state index contributed by atoms with van der Waals surface area (Å²) in [5, 5.41) is 1.62. The lowest BCUT2D eigenvalue weighted by atomic mass is 9.82. The van der Waals surface area contributed by atoms with E-state index >= 15 is 0 Å². The summed E-state index contributed by atoms with van der Waals surface area (Å²) in [5.74, 6) is 0.374. The van der Waals surface area contributed by atoms with E-state index in [0.29, 0.717) is 5.92 Å². The predicted molar refractivity (Wildman–Crippen MR) is 162 cm³/mol. The molecule has 0 bridgehead atoms. The van der Waals surface area contributed by atoms with Crippen LogP contribution in [0.5, 0.6) is 0 Å². The van der Waals surface area contributed by atoms with Gasteiger partial charge in [0.1, 0.15) is 0 Å². The summed E-state index contributed by atoms with van der Waals surface area (Å²) in [6.07, 6.45) is 10.1. The van der Waals surface area contributed by atoms with Crippen LogP contribution in [0.25, 0.3) is 28.3 Å². The fourth-order valence-corrected chi connectivity index (χ4v) is 7.90. The molecule has 0 spiro atoms. The minimum absolute atomic E-state index is 0.374. The van der Waals surface area contributed by atoms with Crippen molar-refractivity contribution in [2.24, 2.45) is 0 Å². The Kier molecular flexibility index (Phi) is 6.74. The fraction of sp³-hybridized carbons (Fsp3) is 0.278. The van der Waals surface area contributed by atoms with Crippen LogP contribution in [-0.4, -0.2) is 8.80 Å². The number of hydrogen-bond donors (Lipinski definition) is 0. The van der Waals surface area contributed by atoms with Gasteiger partial charge in [0.05, 0.1) is 8.80 Å². The van der Waals surface area contributed by atoms with Crippen LogP contribution in [0.1, 0.15) is 72.8 Å². The van der Waals surface area contributed by atoms with Crippen LogP contribution < -0.4 is 5.19 Å². The van der Waals surface area contributed by atoms with E-state index in [-0.39, 0.29) is 0 Å². The molecule has 6 rings (SSSR count). The van der Waals surface area contributed by atoms with Crippen molar-refractivity contribution in [1.82, 2.24) is 0 Å². The molecule has 1 heteroatoms. The average molecular weight is 498 g/mol. The van der Waals surface area contributed by atoms with Crippen LogP contribution >= 0.6 is 0 Å². The van der Waals surface area contributed by atoms with E-state index in [1.54, 1.807) is 21.9 Å². The molecule has 37 heavy (non-hydrogen) atoms. The van der Waals surface area contributed by atoms with Gasteiger partial charge in [-0.1, -0.05) is 141 Å². The third-order valence-corrected chi connectivity index (χ3v) is 9.93. The molecule has 0 saturated carbocycles. The van der Waals surface area contributed by atoms with E-state index in [9.17, 15) is 0 Å². The molecule has 4 aromatic carbocycles. The van der Waals surface area contributed by atoms with Crippen molar-refractivity contribution in [1.29, 1.82) is 0 Å². The number of benzene rings is 4. The van der Waals surface area contributed by atoms with Crippen molar-refractivity contribution >= 4 is 20.1 Å². The van der Waals surface area contributed by atoms with Crippen molar-refractivity contribution in [3.05, 3.63) is 118 Å². The molecule has 1 unspecified atom stereocenters. The Morgan fingerprint density at radius 2 is 1.51 bits per heavy atom. The summed E-state index contributed by atoms with van der Waals surface area (Å²) in [6, 6.07) is 32.0. The second-order valence-electron chi connectivity index (χ2n) is 11.0. The molecule has 0 nitrogen and oxygen atoms in total. The van der Waals surface area contributed by atoms with Gasteiger partial charge in [-0.3, -0.25) is 0 Å². The highest BCUT2D eigenvalue weighted by Gasteiger charge is 2.34. The molecule has 2 aliphatic rings. The Labute approximate surface area is 224 Å². The van der Waals surface area contributed by atoms with Gasteiger partial charge in [-0.05, 0) is 69.3 Å². The smallest absolute Gasteiger partial charge is 0.0671 e. The summed E-state index contributed by atoms with van der Waals surface area (Å²) >= 11 is 0. The zero-order valence-electron chi connectivity index (χ0n) is 22.5.